The summed E-state index contributed by atoms with van der Waals surface area (Å²) in [5, 5.41) is 0. The van der Waals surface area contributed by atoms with Gasteiger partial charge in [0.2, 0.25) is 0 Å². The van der Waals surface area contributed by atoms with Gasteiger partial charge in [-0.2, -0.15) is 0 Å². The Bertz CT molecular complexity index is 57.2. The van der Waals surface area contributed by atoms with Gasteiger partial charge in [-0.1, -0.05) is 0 Å². The summed E-state index contributed by atoms with van der Waals surface area (Å²) >= 11 is 0. The van der Waals surface area contributed by atoms with Gasteiger partial charge in [0.25, 0.3) is 0 Å². The zero-order chi connectivity index (χ0) is 9.00. The first-order chi connectivity index (χ1) is 4.00. The van der Waals surface area contributed by atoms with E-state index in [-0.39, 0.29) is 60.5 Å². The fourth-order valence-corrected chi connectivity index (χ4v) is 0. The minimum Gasteiger partial charge on any atom is -0.412 e. The first-order valence-corrected chi connectivity index (χ1v) is 3.70. The summed E-state index contributed by atoms with van der Waals surface area (Å²) in [6.07, 6.45) is 0. The van der Waals surface area contributed by atoms with Gasteiger partial charge in [0.05, 0.1) is 0 Å². The Kier molecular flexibility index (Phi) is 97.4. The van der Waals surface area contributed by atoms with E-state index < -0.39 is 20.5 Å². The average molecular weight is 508 g/mol. The quantitative estimate of drug-likeness (QED) is 0.282. The van der Waals surface area contributed by atoms with Crippen LogP contribution in [0, 0.1) is 20.5 Å². The number of hydrogen-bond donors (Lipinski definition) is 0. The van der Waals surface area contributed by atoms with Crippen molar-refractivity contribution in [2.75, 3.05) is 0 Å². The summed E-state index contributed by atoms with van der Waals surface area (Å²) in [6.45, 7) is 0. The van der Waals surface area contributed by atoms with Gasteiger partial charge in [-0.3, -0.25) is 0 Å². The van der Waals surface area contributed by atoms with Crippen molar-refractivity contribution in [3.05, 3.63) is 0 Å². The van der Waals surface area contributed by atoms with E-state index in [9.17, 15) is 0 Å². The Labute approximate surface area is 118 Å². The molecule has 0 aliphatic carbocycles. The molecule has 0 aliphatic rings. The van der Waals surface area contributed by atoms with Crippen LogP contribution in [0.5, 0.6) is 0 Å². The van der Waals surface area contributed by atoms with Crippen LogP contribution in [-0.4, -0.2) is 32.9 Å². The summed E-state index contributed by atoms with van der Waals surface area (Å²) < 4.78 is 67.9. The summed E-state index contributed by atoms with van der Waals surface area (Å²) in [4.78, 5) is 0. The average Bonchev–Trinajstić information content (AvgIpc) is 1.12. The van der Waals surface area contributed by atoms with E-state index in [1.54, 1.807) is 0 Å². The molecule has 17 heteroatoms. The third kappa shape index (κ3) is 4160. The van der Waals surface area contributed by atoms with E-state index in [0.717, 1.165) is 0 Å². The normalized spacial score (nSPS) is 7.06. The van der Waals surface area contributed by atoms with Crippen LogP contribution in [0.4, 0.5) is 0 Å². The minimum atomic E-state index is -4.94. The molecule has 0 spiro atoms. The second kappa shape index (κ2) is 25.7. The number of halogens is 2. The Balaban J connectivity index is -0.00000000762. The maximum Gasteiger partial charge on any atom is 2.00 e. The van der Waals surface area contributed by atoms with E-state index in [4.69, 9.17) is 37.3 Å². The Morgan fingerprint density at radius 2 is 0.353 bits per heavy atom. The van der Waals surface area contributed by atoms with Crippen LogP contribution >= 0.6 is 0 Å². The molecule has 0 aromatic carbocycles. The van der Waals surface area contributed by atoms with Crippen LogP contribution in [0.2, 0.25) is 0 Å². The molecule has 17 heavy (non-hydrogen) atoms. The standard InChI is InChI=1S/2ClHO4.Hg.6H2O/c2*2-1(3,4)5;;;;;;;/h2*(H,2,3,4,5);;6*1H2/q;;+2;;;;;;/p-2. The van der Waals surface area contributed by atoms with Gasteiger partial charge in [-0.05, 0) is 0 Å². The van der Waals surface area contributed by atoms with Crippen LogP contribution in [0.25, 0.3) is 0 Å². The number of rotatable bonds is 0. The third-order valence-electron chi connectivity index (χ3n) is 0. The van der Waals surface area contributed by atoms with Gasteiger partial charge in [-0.25, -0.2) is 37.3 Å². The first-order valence-electron chi connectivity index (χ1n) is 1.23. The van der Waals surface area contributed by atoms with Gasteiger partial charge < -0.3 is 32.9 Å². The molecule has 0 aliphatic heterocycles. The predicted octanol–water partition coefficient (Wildman–Crippen LogP) is -14.5. The van der Waals surface area contributed by atoms with Crippen LogP contribution in [0.1, 0.15) is 0 Å². The molecule has 0 unspecified atom stereocenters. The molecule has 14 nitrogen and oxygen atoms in total. The fourth-order valence-electron chi connectivity index (χ4n) is 0. The Hall–Kier alpha value is 0.955. The van der Waals surface area contributed by atoms with Gasteiger partial charge in [0.1, 0.15) is 0 Å². The molecule has 112 valence electrons. The fraction of sp³-hybridized carbons (Fsp3) is 0. The van der Waals surface area contributed by atoms with Crippen LogP contribution in [0.3, 0.4) is 0 Å². The van der Waals surface area contributed by atoms with Crippen molar-refractivity contribution in [2.45, 2.75) is 0 Å². The monoisotopic (exact) mass is 508 g/mol. The van der Waals surface area contributed by atoms with Gasteiger partial charge in [0.15, 0.2) is 0 Å². The summed E-state index contributed by atoms with van der Waals surface area (Å²) in [5.41, 5.74) is 0. The largest absolute Gasteiger partial charge is 2.00 e. The minimum absolute atomic E-state index is 0. The zero-order valence-electron chi connectivity index (χ0n) is 7.73. The maximum atomic E-state index is 8.49. The van der Waals surface area contributed by atoms with Crippen molar-refractivity contribution in [1.29, 1.82) is 0 Å². The van der Waals surface area contributed by atoms with Crippen molar-refractivity contribution in [1.82, 2.24) is 0 Å². The SMILES string of the molecule is O.O.O.O.O.O.[Hg+2].[O-][Cl+3]([O-])([O-])[O-].[O-][Cl+3]([O-])([O-])[O-]. The third-order valence-corrected chi connectivity index (χ3v) is 0. The molecule has 0 bridgehead atoms. The molecular weight excluding hydrogens is 495 g/mol. The van der Waals surface area contributed by atoms with Crippen LogP contribution < -0.4 is 37.3 Å². The van der Waals surface area contributed by atoms with Crippen LogP contribution in [-0.2, 0) is 27.7 Å². The molecule has 12 N–H and O–H groups in total. The van der Waals surface area contributed by atoms with E-state index in [0.29, 0.717) is 0 Å². The predicted molar refractivity (Wildman–Crippen MR) is 21.7 cm³/mol. The molecule has 0 aromatic heterocycles. The van der Waals surface area contributed by atoms with Gasteiger partial charge in [-0.15, -0.1) is 20.5 Å². The summed E-state index contributed by atoms with van der Waals surface area (Å²) in [5.74, 6) is 0. The van der Waals surface area contributed by atoms with Gasteiger partial charge >= 0.3 is 27.7 Å². The smallest absolute Gasteiger partial charge is 0.412 e. The van der Waals surface area contributed by atoms with Crippen molar-refractivity contribution in [3.63, 3.8) is 0 Å². The molecule has 0 heterocycles. The molecule has 0 rings (SSSR count). The molecule has 0 fully saturated rings. The van der Waals surface area contributed by atoms with Crippen molar-refractivity contribution < 1.29 is 118 Å². The molecule has 0 saturated heterocycles. The summed E-state index contributed by atoms with van der Waals surface area (Å²) in [6, 6.07) is 0. The zero-order valence-corrected chi connectivity index (χ0v) is 14.7. The van der Waals surface area contributed by atoms with Gasteiger partial charge in [0, 0.05) is 0 Å². The summed E-state index contributed by atoms with van der Waals surface area (Å²) in [7, 11) is -9.89. The second-order valence-electron chi connectivity index (χ2n) is 0.756. The topological polar surface area (TPSA) is 373 Å². The number of hydrogen-bond acceptors (Lipinski definition) is 8. The molecule has 0 saturated carbocycles. The molecular formula is H12Cl2HgO14. The second-order valence-corrected chi connectivity index (χ2v) is 2.27. The molecule has 0 atom stereocenters. The molecule has 0 amide bonds. The van der Waals surface area contributed by atoms with E-state index in [2.05, 4.69) is 0 Å². The van der Waals surface area contributed by atoms with Crippen molar-refractivity contribution in [3.8, 4) is 0 Å². The van der Waals surface area contributed by atoms with E-state index in [1.807, 2.05) is 0 Å². The maximum absolute atomic E-state index is 8.49. The Morgan fingerprint density at radius 1 is 0.353 bits per heavy atom. The molecule has 0 aromatic rings. The molecule has 0 radical (unpaired) electrons. The first kappa shape index (κ1) is 64.4. The van der Waals surface area contributed by atoms with E-state index >= 15 is 0 Å². The van der Waals surface area contributed by atoms with Crippen molar-refractivity contribution >= 4 is 0 Å². The Morgan fingerprint density at radius 3 is 0.353 bits per heavy atom. The van der Waals surface area contributed by atoms with Crippen molar-refractivity contribution in [2.24, 2.45) is 0 Å². The van der Waals surface area contributed by atoms with E-state index in [1.165, 1.54) is 0 Å². The van der Waals surface area contributed by atoms with Crippen LogP contribution in [0.15, 0.2) is 0 Å².